The van der Waals surface area contributed by atoms with Crippen molar-refractivity contribution in [3.8, 4) is 17.0 Å². The van der Waals surface area contributed by atoms with Crippen molar-refractivity contribution in [3.63, 3.8) is 0 Å². The summed E-state index contributed by atoms with van der Waals surface area (Å²) in [5, 5.41) is 9.46. The Morgan fingerprint density at radius 1 is 1.24 bits per heavy atom. The van der Waals surface area contributed by atoms with E-state index in [4.69, 9.17) is 23.2 Å². The van der Waals surface area contributed by atoms with E-state index in [9.17, 15) is 23.1 Å². The first-order valence-corrected chi connectivity index (χ1v) is 6.20. The van der Waals surface area contributed by atoms with Crippen LogP contribution in [0.3, 0.4) is 0 Å². The minimum atomic E-state index is -4.70. The fourth-order valence-corrected chi connectivity index (χ4v) is 2.18. The molecule has 0 unspecified atom stereocenters. The topological polar surface area (TPSA) is 55.1 Å². The van der Waals surface area contributed by atoms with Crippen LogP contribution in [0.4, 0.5) is 13.2 Å². The Hall–Kier alpha value is -1.73. The highest BCUT2D eigenvalue weighted by atomic mass is 35.5. The first kappa shape index (κ1) is 15.7. The summed E-state index contributed by atoms with van der Waals surface area (Å²) in [7, 11) is 0.972. The van der Waals surface area contributed by atoms with Gasteiger partial charge in [-0.2, -0.15) is 13.2 Å². The van der Waals surface area contributed by atoms with Gasteiger partial charge in [-0.3, -0.25) is 4.79 Å². The minimum absolute atomic E-state index is 0.00658. The van der Waals surface area contributed by atoms with Gasteiger partial charge in [0.2, 0.25) is 0 Å². The maximum Gasteiger partial charge on any atom is 0.433 e. The number of nitrogens with zero attached hydrogens (tertiary/aromatic N) is 2. The lowest BCUT2D eigenvalue weighted by Gasteiger charge is -2.13. The first-order chi connectivity index (χ1) is 9.62. The van der Waals surface area contributed by atoms with E-state index in [0.29, 0.717) is 10.8 Å². The molecule has 9 heteroatoms. The molecule has 2 aromatic rings. The molecule has 4 nitrogen and oxygen atoms in total. The van der Waals surface area contributed by atoms with Gasteiger partial charge in [0.05, 0.1) is 16.2 Å². The fraction of sp³-hybridized carbons (Fsp3) is 0.167. The smallest absolute Gasteiger partial charge is 0.433 e. The molecule has 0 aliphatic carbocycles. The van der Waals surface area contributed by atoms with Gasteiger partial charge in [0, 0.05) is 12.6 Å². The van der Waals surface area contributed by atoms with E-state index in [1.807, 2.05) is 0 Å². The van der Waals surface area contributed by atoms with E-state index in [2.05, 4.69) is 4.98 Å². The van der Waals surface area contributed by atoms with Gasteiger partial charge in [-0.05, 0) is 12.1 Å². The van der Waals surface area contributed by atoms with Crippen LogP contribution in [0.5, 0.6) is 5.75 Å². The summed E-state index contributed by atoms with van der Waals surface area (Å²) in [6.45, 7) is 0. The number of aromatic nitrogens is 2. The van der Waals surface area contributed by atoms with Crippen LogP contribution in [0.15, 0.2) is 23.1 Å². The normalized spacial score (nSPS) is 11.7. The molecule has 0 amide bonds. The van der Waals surface area contributed by atoms with Gasteiger partial charge in [-0.25, -0.2) is 4.98 Å². The third-order valence-corrected chi connectivity index (χ3v) is 3.38. The van der Waals surface area contributed by atoms with Crippen LogP contribution in [-0.2, 0) is 13.2 Å². The van der Waals surface area contributed by atoms with Crippen LogP contribution in [0.1, 0.15) is 5.69 Å². The lowest BCUT2D eigenvalue weighted by molar-refractivity contribution is -0.144. The zero-order valence-corrected chi connectivity index (χ0v) is 11.9. The van der Waals surface area contributed by atoms with Crippen LogP contribution >= 0.6 is 23.2 Å². The van der Waals surface area contributed by atoms with E-state index in [1.165, 1.54) is 6.07 Å². The van der Waals surface area contributed by atoms with Crippen LogP contribution in [0, 0.1) is 0 Å². The molecule has 1 heterocycles. The molecule has 21 heavy (non-hydrogen) atoms. The highest BCUT2D eigenvalue weighted by Gasteiger charge is 2.34. The highest BCUT2D eigenvalue weighted by molar-refractivity contribution is 6.37. The fourth-order valence-electron chi connectivity index (χ4n) is 1.70. The Bertz CT molecular complexity index is 772. The van der Waals surface area contributed by atoms with Crippen molar-refractivity contribution >= 4 is 23.2 Å². The molecule has 0 saturated heterocycles. The largest absolute Gasteiger partial charge is 0.506 e. The number of phenols is 1. The SMILES string of the molecule is Cn1c(C(F)(F)F)cnc(-c2cc(O)c(Cl)cc2Cl)c1=O. The molecular formula is C12H7Cl2F3N2O2. The van der Waals surface area contributed by atoms with Gasteiger partial charge < -0.3 is 9.67 Å². The second-order valence-corrected chi connectivity index (χ2v) is 4.95. The highest BCUT2D eigenvalue weighted by Crippen LogP contribution is 2.35. The maximum absolute atomic E-state index is 12.7. The molecule has 0 spiro atoms. The van der Waals surface area contributed by atoms with E-state index < -0.39 is 17.4 Å². The Balaban J connectivity index is 2.71. The molecule has 0 fully saturated rings. The van der Waals surface area contributed by atoms with Gasteiger partial charge in [0.15, 0.2) is 0 Å². The van der Waals surface area contributed by atoms with E-state index >= 15 is 0 Å². The summed E-state index contributed by atoms with van der Waals surface area (Å²) in [5.74, 6) is -0.361. The molecular weight excluding hydrogens is 332 g/mol. The Kier molecular flexibility index (Phi) is 3.90. The number of hydrogen-bond acceptors (Lipinski definition) is 3. The maximum atomic E-state index is 12.7. The number of benzene rings is 1. The average molecular weight is 339 g/mol. The summed E-state index contributed by atoms with van der Waals surface area (Å²) in [4.78, 5) is 15.5. The zero-order valence-electron chi connectivity index (χ0n) is 10.4. The summed E-state index contributed by atoms with van der Waals surface area (Å²) >= 11 is 11.5. The van der Waals surface area contributed by atoms with Crippen LogP contribution in [0.25, 0.3) is 11.3 Å². The molecule has 0 aliphatic rings. The van der Waals surface area contributed by atoms with Crippen LogP contribution in [0.2, 0.25) is 10.0 Å². The average Bonchev–Trinajstić information content (AvgIpc) is 2.36. The summed E-state index contributed by atoms with van der Waals surface area (Å²) in [6.07, 6.45) is -4.18. The van der Waals surface area contributed by atoms with Crippen molar-refractivity contribution < 1.29 is 18.3 Å². The zero-order chi connectivity index (χ0) is 15.9. The second kappa shape index (κ2) is 5.23. The Morgan fingerprint density at radius 2 is 1.86 bits per heavy atom. The van der Waals surface area contributed by atoms with Gasteiger partial charge in [-0.15, -0.1) is 0 Å². The molecule has 0 aliphatic heterocycles. The quantitative estimate of drug-likeness (QED) is 0.866. The summed E-state index contributed by atoms with van der Waals surface area (Å²) in [5.41, 5.74) is -2.51. The molecule has 0 bridgehead atoms. The predicted octanol–water partition coefficient (Wildman–Crippen LogP) is 3.48. The van der Waals surface area contributed by atoms with Crippen molar-refractivity contribution in [2.75, 3.05) is 0 Å². The van der Waals surface area contributed by atoms with Crippen molar-refractivity contribution in [1.29, 1.82) is 0 Å². The molecule has 0 radical (unpaired) electrons. The van der Waals surface area contributed by atoms with Crippen molar-refractivity contribution in [1.82, 2.24) is 9.55 Å². The molecule has 1 aromatic carbocycles. The predicted molar refractivity (Wildman–Crippen MR) is 71.6 cm³/mol. The first-order valence-electron chi connectivity index (χ1n) is 5.44. The van der Waals surface area contributed by atoms with E-state index in [0.717, 1.165) is 13.1 Å². The number of hydrogen-bond donors (Lipinski definition) is 1. The number of alkyl halides is 3. The monoisotopic (exact) mass is 338 g/mol. The standard InChI is InChI=1S/C12H7Cl2F3N2O2/c1-19-9(12(15,16)17)4-18-10(11(19)21)5-2-8(20)7(14)3-6(5)13/h2-4,20H,1H3. The van der Waals surface area contributed by atoms with Gasteiger partial charge in [0.25, 0.3) is 5.56 Å². The third kappa shape index (κ3) is 2.84. The number of aromatic hydroxyl groups is 1. The van der Waals surface area contributed by atoms with E-state index in [-0.39, 0.29) is 27.1 Å². The number of rotatable bonds is 1. The van der Waals surface area contributed by atoms with Crippen molar-refractivity contribution in [2.45, 2.75) is 6.18 Å². The van der Waals surface area contributed by atoms with Crippen molar-refractivity contribution in [3.05, 3.63) is 44.4 Å². The summed E-state index contributed by atoms with van der Waals surface area (Å²) < 4.78 is 38.4. The second-order valence-electron chi connectivity index (χ2n) is 4.14. The number of phenolic OH excluding ortho intramolecular Hbond substituents is 1. The van der Waals surface area contributed by atoms with Crippen LogP contribution < -0.4 is 5.56 Å². The Morgan fingerprint density at radius 3 is 2.43 bits per heavy atom. The molecule has 0 saturated carbocycles. The molecule has 2 rings (SSSR count). The molecule has 1 aromatic heterocycles. The van der Waals surface area contributed by atoms with Gasteiger partial charge in [0.1, 0.15) is 17.1 Å². The third-order valence-electron chi connectivity index (χ3n) is 2.77. The lowest BCUT2D eigenvalue weighted by Crippen LogP contribution is -2.27. The minimum Gasteiger partial charge on any atom is -0.506 e. The van der Waals surface area contributed by atoms with Crippen molar-refractivity contribution in [2.24, 2.45) is 7.05 Å². The summed E-state index contributed by atoms with van der Waals surface area (Å²) in [6, 6.07) is 2.24. The van der Waals surface area contributed by atoms with E-state index in [1.54, 1.807) is 0 Å². The molecule has 0 atom stereocenters. The Labute approximate surface area is 126 Å². The molecule has 112 valence electrons. The van der Waals surface area contributed by atoms with Crippen LogP contribution in [-0.4, -0.2) is 14.7 Å². The van der Waals surface area contributed by atoms with Gasteiger partial charge in [-0.1, -0.05) is 23.2 Å². The van der Waals surface area contributed by atoms with Gasteiger partial charge >= 0.3 is 6.18 Å². The number of halogens is 5. The lowest BCUT2D eigenvalue weighted by atomic mass is 10.1. The molecule has 1 N–H and O–H groups in total.